The SMILES string of the molecule is C.CC(=O)NC1[C@H](OCCOCCOCCNC(=O)c2ccc(N)nc2)OC(CO)[C@H](OC(C)=O)[C@@H]1O.CC(=O)NC1[C@H](OCCOCCOCCNC(=O)c2ccc([N+](=O)[O-])nc2)OC(COC(C)=O)[C@H](OC(C)=O)[C@@H]1C.F. The molecule has 0 saturated carbocycles. The van der Waals surface area contributed by atoms with Gasteiger partial charge >= 0.3 is 23.7 Å². The number of ether oxygens (including phenoxy) is 11. The third-order valence-corrected chi connectivity index (χ3v) is 10.8. The number of hydrogen-bond acceptors (Lipinski definition) is 25. The number of nitro groups is 1. The van der Waals surface area contributed by atoms with Gasteiger partial charge in [0.15, 0.2) is 24.9 Å². The number of aliphatic hydroxyl groups is 2. The third kappa shape index (κ3) is 26.2. The van der Waals surface area contributed by atoms with Crippen LogP contribution in [0.5, 0.6) is 0 Å². The van der Waals surface area contributed by atoms with Crippen LogP contribution in [-0.2, 0) is 76.1 Å². The Kier molecular flexibility index (Phi) is 33.8. The number of nitrogens with two attached hydrogens (primary N) is 1. The number of aliphatic hydroxyl groups excluding tert-OH is 2. The highest BCUT2D eigenvalue weighted by Gasteiger charge is 2.49. The van der Waals surface area contributed by atoms with Crippen LogP contribution in [0.4, 0.5) is 16.3 Å². The Morgan fingerprint density at radius 1 is 0.658 bits per heavy atom. The van der Waals surface area contributed by atoms with Gasteiger partial charge < -0.3 is 99.4 Å². The molecule has 4 rings (SSSR count). The molecule has 10 atom stereocenters. The maximum Gasteiger partial charge on any atom is 0.363 e. The number of pyridine rings is 2. The van der Waals surface area contributed by atoms with E-state index < -0.39 is 102 Å². The second-order valence-corrected chi connectivity index (χ2v) is 16.9. The fourth-order valence-electron chi connectivity index (χ4n) is 7.28. The van der Waals surface area contributed by atoms with Crippen molar-refractivity contribution < 1.29 is 106 Å². The Morgan fingerprint density at radius 2 is 1.11 bits per heavy atom. The molecule has 8 N–H and O–H groups in total. The highest BCUT2D eigenvalue weighted by Crippen LogP contribution is 2.30. The lowest BCUT2D eigenvalue weighted by molar-refractivity contribution is -0.389. The van der Waals surface area contributed by atoms with E-state index in [0.717, 1.165) is 19.2 Å². The number of halogens is 1. The van der Waals surface area contributed by atoms with E-state index in [1.54, 1.807) is 19.1 Å². The van der Waals surface area contributed by atoms with Crippen molar-refractivity contribution in [3.8, 4) is 0 Å². The number of hydrogen-bond donors (Lipinski definition) is 7. The molecule has 4 unspecified atom stereocenters. The Balaban J connectivity index is 0.000000776. The van der Waals surface area contributed by atoms with Crippen LogP contribution < -0.4 is 27.0 Å². The zero-order chi connectivity index (χ0) is 56.9. The predicted molar refractivity (Wildman–Crippen MR) is 271 cm³/mol. The summed E-state index contributed by atoms with van der Waals surface area (Å²) in [6.07, 6.45) is -4.67. The largest absolute Gasteiger partial charge is 0.463 e. The van der Waals surface area contributed by atoms with Gasteiger partial charge in [-0.15, -0.1) is 0 Å². The number of nitrogen functional groups attached to an aromatic ring is 1. The maximum atomic E-state index is 12.0. The lowest BCUT2D eigenvalue weighted by atomic mass is 9.88. The van der Waals surface area contributed by atoms with Crippen molar-refractivity contribution in [3.05, 3.63) is 57.9 Å². The lowest BCUT2D eigenvalue weighted by Crippen LogP contribution is -2.65. The van der Waals surface area contributed by atoms with Crippen LogP contribution in [0.3, 0.4) is 0 Å². The van der Waals surface area contributed by atoms with Gasteiger partial charge in [-0.05, 0) is 28.1 Å². The van der Waals surface area contributed by atoms with E-state index >= 15 is 0 Å². The summed E-state index contributed by atoms with van der Waals surface area (Å²) in [6, 6.07) is 3.90. The van der Waals surface area contributed by atoms with E-state index in [1.165, 1.54) is 40.0 Å². The molecule has 446 valence electrons. The summed E-state index contributed by atoms with van der Waals surface area (Å²) >= 11 is 0. The molecule has 0 aromatic carbocycles. The highest BCUT2D eigenvalue weighted by molar-refractivity contribution is 5.94. The van der Waals surface area contributed by atoms with Crippen LogP contribution in [-0.4, -0.2) is 214 Å². The van der Waals surface area contributed by atoms with Crippen LogP contribution in [0.15, 0.2) is 36.7 Å². The van der Waals surface area contributed by atoms with E-state index in [9.17, 15) is 53.9 Å². The summed E-state index contributed by atoms with van der Waals surface area (Å²) in [5, 5.41) is 41.4. The molecule has 0 bridgehead atoms. The molecule has 4 amide bonds. The molecule has 2 aromatic rings. The first kappa shape index (κ1) is 70.3. The minimum absolute atomic E-state index is 0. The molecular formula is C48H75FN8O22. The number of carbonyl (C=O) groups is 7. The summed E-state index contributed by atoms with van der Waals surface area (Å²) in [5.74, 6) is -3.66. The summed E-state index contributed by atoms with van der Waals surface area (Å²) < 4.78 is 60.2. The summed E-state index contributed by atoms with van der Waals surface area (Å²) in [4.78, 5) is 99.1. The van der Waals surface area contributed by atoms with Crippen molar-refractivity contribution in [3.63, 3.8) is 0 Å². The van der Waals surface area contributed by atoms with Gasteiger partial charge in [-0.1, -0.05) is 14.4 Å². The lowest BCUT2D eigenvalue weighted by Gasteiger charge is -2.44. The van der Waals surface area contributed by atoms with Gasteiger partial charge in [-0.2, -0.15) is 0 Å². The number of carbonyl (C=O) groups excluding carboxylic acids is 7. The molecular weight excluding hydrogens is 1060 g/mol. The van der Waals surface area contributed by atoms with Crippen molar-refractivity contribution >= 4 is 53.2 Å². The van der Waals surface area contributed by atoms with Gasteiger partial charge in [-0.3, -0.25) is 38.3 Å². The molecule has 31 heteroatoms. The fraction of sp³-hybridized carbons (Fsp3) is 0.646. The second kappa shape index (κ2) is 38.0. The smallest absolute Gasteiger partial charge is 0.363 e. The van der Waals surface area contributed by atoms with Crippen molar-refractivity contribution in [1.82, 2.24) is 31.2 Å². The molecule has 2 fully saturated rings. The molecule has 2 aromatic heterocycles. The number of aromatic nitrogens is 2. The number of nitrogens with one attached hydrogen (secondary N) is 4. The number of anilines is 1. The summed E-state index contributed by atoms with van der Waals surface area (Å²) in [7, 11) is 0. The van der Waals surface area contributed by atoms with E-state index in [0.29, 0.717) is 17.9 Å². The fourth-order valence-corrected chi connectivity index (χ4v) is 7.28. The van der Waals surface area contributed by atoms with Crippen LogP contribution in [0.1, 0.15) is 69.7 Å². The van der Waals surface area contributed by atoms with Crippen molar-refractivity contribution in [2.75, 3.05) is 98.1 Å². The normalized spacial score (nSPS) is 22.1. The minimum atomic E-state index is -1.36. The maximum absolute atomic E-state index is 12.0. The zero-order valence-corrected chi connectivity index (χ0v) is 44.0. The van der Waals surface area contributed by atoms with Crippen LogP contribution in [0.25, 0.3) is 0 Å². The van der Waals surface area contributed by atoms with Crippen molar-refractivity contribution in [1.29, 1.82) is 0 Å². The number of rotatable bonds is 30. The molecule has 0 aliphatic carbocycles. The second-order valence-electron chi connectivity index (χ2n) is 16.9. The highest BCUT2D eigenvalue weighted by atomic mass is 19.0. The van der Waals surface area contributed by atoms with Crippen LogP contribution in [0, 0.1) is 16.0 Å². The van der Waals surface area contributed by atoms with E-state index in [4.69, 9.17) is 57.8 Å². The average Bonchev–Trinajstić information content (AvgIpc) is 3.39. The van der Waals surface area contributed by atoms with Crippen LogP contribution in [0.2, 0.25) is 0 Å². The first-order valence-electron chi connectivity index (χ1n) is 24.3. The van der Waals surface area contributed by atoms with E-state index in [-0.39, 0.29) is 115 Å². The molecule has 79 heavy (non-hydrogen) atoms. The van der Waals surface area contributed by atoms with Gasteiger partial charge in [-0.25, -0.2) is 4.98 Å². The van der Waals surface area contributed by atoms with Gasteiger partial charge in [0.1, 0.15) is 42.9 Å². The Hall–Kier alpha value is -6.68. The van der Waals surface area contributed by atoms with Gasteiger partial charge in [0, 0.05) is 65.9 Å². The first-order valence-corrected chi connectivity index (χ1v) is 24.3. The first-order chi connectivity index (χ1) is 36.7. The molecule has 0 radical (unpaired) electrons. The minimum Gasteiger partial charge on any atom is -0.463 e. The van der Waals surface area contributed by atoms with E-state index in [2.05, 4.69) is 31.2 Å². The Morgan fingerprint density at radius 3 is 1.56 bits per heavy atom. The monoisotopic (exact) mass is 1130 g/mol. The molecule has 0 spiro atoms. The molecule has 2 aliphatic heterocycles. The van der Waals surface area contributed by atoms with E-state index in [1.807, 2.05) is 0 Å². The third-order valence-electron chi connectivity index (χ3n) is 10.8. The zero-order valence-electron chi connectivity index (χ0n) is 44.0. The van der Waals surface area contributed by atoms with Crippen molar-refractivity contribution in [2.45, 2.75) is 104 Å². The molecule has 30 nitrogen and oxygen atoms in total. The van der Waals surface area contributed by atoms with Gasteiger partial charge in [0.25, 0.3) is 11.8 Å². The van der Waals surface area contributed by atoms with Crippen molar-refractivity contribution in [2.24, 2.45) is 5.92 Å². The molecule has 2 aliphatic rings. The average molecular weight is 1140 g/mol. The van der Waals surface area contributed by atoms with Gasteiger partial charge in [0.05, 0.1) is 89.8 Å². The standard InChI is InChI=1S/C25H36N4O12.C22H34N4O10.CH4.FH/c1-15-22(28-16(2)30)25(41-20(14-39-17(3)31)23(15)40-18(4)32)38-12-11-37-10-9-36-8-7-26-24(33)19-5-6-21(27-13-19)29(34)35;1-13(28)26-18-19(30)20(35-14(2)29)16(12-27)36-22(18)34-10-9-33-8-7-32-6-5-24-21(31)15-3-4-17(23)25-11-15;;/h5-6,13,15,20,22-23,25H,7-12,14H2,1-4H3,(H,26,33)(H,28,30);3-4,11,16,18-20,22,27,30H,5-10,12H2,1-2H3,(H2,23,25)(H,24,31)(H,26,28);1H4;1H/t15-,20?,22?,23-,25-;16?,18?,19-,20+,22-;;/m11../s1. The van der Waals surface area contributed by atoms with Gasteiger partial charge in [0.2, 0.25) is 11.8 Å². The van der Waals surface area contributed by atoms with Crippen LogP contribution >= 0.6 is 0 Å². The topological polar surface area (TPSA) is 405 Å². The Bertz CT molecular complexity index is 2180. The number of amides is 4. The number of nitrogens with zero attached hydrogens (tertiary/aromatic N) is 3. The summed E-state index contributed by atoms with van der Waals surface area (Å²) in [5.41, 5.74) is 6.07. The Labute approximate surface area is 455 Å². The summed E-state index contributed by atoms with van der Waals surface area (Å²) in [6.45, 7) is 9.86. The predicted octanol–water partition coefficient (Wildman–Crippen LogP) is -1.12. The molecule has 4 heterocycles. The molecule has 2 saturated heterocycles. The number of esters is 3. The quantitative estimate of drug-likeness (QED) is 0.0160.